The summed E-state index contributed by atoms with van der Waals surface area (Å²) in [5.41, 5.74) is 2.90. The number of rotatable bonds is 2. The summed E-state index contributed by atoms with van der Waals surface area (Å²) in [6, 6.07) is 14.4. The maximum absolute atomic E-state index is 9.20. The molecule has 0 saturated carbocycles. The van der Waals surface area contributed by atoms with Gasteiger partial charge in [0.25, 0.3) is 0 Å². The molecule has 1 heterocycles. The van der Waals surface area contributed by atoms with E-state index in [4.69, 9.17) is 0 Å². The van der Waals surface area contributed by atoms with Gasteiger partial charge in [-0.15, -0.1) is 11.3 Å². The van der Waals surface area contributed by atoms with Crippen molar-refractivity contribution in [1.82, 2.24) is 0 Å². The monoisotopic (exact) mass is 239 g/mol. The number of nitriles is 1. The second kappa shape index (κ2) is 4.99. The van der Waals surface area contributed by atoms with Crippen molar-refractivity contribution in [3.63, 3.8) is 0 Å². The van der Waals surface area contributed by atoms with Gasteiger partial charge in [-0.05, 0) is 37.6 Å². The van der Waals surface area contributed by atoms with Gasteiger partial charge in [0, 0.05) is 9.75 Å². The molecule has 1 aromatic carbocycles. The van der Waals surface area contributed by atoms with E-state index in [1.165, 1.54) is 10.4 Å². The molecule has 17 heavy (non-hydrogen) atoms. The number of hydrogen-bond acceptors (Lipinski definition) is 2. The molecule has 0 bridgehead atoms. The van der Waals surface area contributed by atoms with Crippen molar-refractivity contribution >= 4 is 23.0 Å². The second-order valence-electron chi connectivity index (χ2n) is 3.98. The molecule has 0 radical (unpaired) electrons. The number of aryl methyl sites for hydroxylation is 2. The van der Waals surface area contributed by atoms with E-state index < -0.39 is 0 Å². The van der Waals surface area contributed by atoms with Crippen LogP contribution in [0, 0.1) is 25.2 Å². The molecule has 0 saturated heterocycles. The number of benzene rings is 1. The van der Waals surface area contributed by atoms with E-state index in [-0.39, 0.29) is 0 Å². The van der Waals surface area contributed by atoms with Gasteiger partial charge >= 0.3 is 0 Å². The smallest absolute Gasteiger partial charge is 0.0998 e. The van der Waals surface area contributed by atoms with Crippen LogP contribution in [0.3, 0.4) is 0 Å². The fraction of sp³-hybridized carbons (Fsp3) is 0.133. The predicted molar refractivity (Wildman–Crippen MR) is 73.7 cm³/mol. The summed E-state index contributed by atoms with van der Waals surface area (Å²) in [6.45, 7) is 4.11. The van der Waals surface area contributed by atoms with E-state index >= 15 is 0 Å². The summed E-state index contributed by atoms with van der Waals surface area (Å²) in [5.74, 6) is 0. The first kappa shape index (κ1) is 11.6. The molecule has 1 aromatic heterocycles. The SMILES string of the molecule is Cc1ccc(/C(C#N)=C\c2ccc(C)s2)cc1. The molecule has 2 heteroatoms. The molecule has 1 nitrogen and oxygen atoms in total. The lowest BCUT2D eigenvalue weighted by molar-refractivity contribution is 1.45. The number of nitrogens with zero attached hydrogens (tertiary/aromatic N) is 1. The molecule has 0 fully saturated rings. The minimum absolute atomic E-state index is 0.715. The van der Waals surface area contributed by atoms with Crippen molar-refractivity contribution in [3.05, 3.63) is 57.3 Å². The highest BCUT2D eigenvalue weighted by atomic mass is 32.1. The van der Waals surface area contributed by atoms with Crippen LogP contribution in [0.25, 0.3) is 11.6 Å². The Morgan fingerprint density at radius 2 is 1.82 bits per heavy atom. The number of allylic oxidation sites excluding steroid dienone is 1. The number of hydrogen-bond donors (Lipinski definition) is 0. The lowest BCUT2D eigenvalue weighted by Crippen LogP contribution is -1.81. The van der Waals surface area contributed by atoms with Gasteiger partial charge < -0.3 is 0 Å². The third kappa shape index (κ3) is 2.83. The molecule has 0 N–H and O–H groups in total. The van der Waals surface area contributed by atoms with Gasteiger partial charge in [-0.3, -0.25) is 0 Å². The van der Waals surface area contributed by atoms with Crippen LogP contribution in [0.5, 0.6) is 0 Å². The molecule has 0 aliphatic carbocycles. The summed E-state index contributed by atoms with van der Waals surface area (Å²) < 4.78 is 0. The van der Waals surface area contributed by atoms with Gasteiger partial charge in [-0.2, -0.15) is 5.26 Å². The Bertz CT molecular complexity index is 582. The fourth-order valence-electron chi connectivity index (χ4n) is 1.59. The molecule has 0 unspecified atom stereocenters. The molecule has 2 rings (SSSR count). The standard InChI is InChI=1S/C15H13NS/c1-11-3-6-13(7-4-11)14(10-16)9-15-8-5-12(2)17-15/h3-9H,1-2H3/b14-9-. The molecular weight excluding hydrogens is 226 g/mol. The van der Waals surface area contributed by atoms with Gasteiger partial charge in [-0.1, -0.05) is 29.8 Å². The average Bonchev–Trinajstić information content (AvgIpc) is 2.73. The van der Waals surface area contributed by atoms with E-state index in [1.807, 2.05) is 43.3 Å². The van der Waals surface area contributed by atoms with Crippen LogP contribution >= 0.6 is 11.3 Å². The Morgan fingerprint density at radius 3 is 2.35 bits per heavy atom. The van der Waals surface area contributed by atoms with E-state index in [0.717, 1.165) is 10.4 Å². The molecule has 0 aliphatic rings. The van der Waals surface area contributed by atoms with Crippen LogP contribution < -0.4 is 0 Å². The fourth-order valence-corrected chi connectivity index (χ4v) is 2.41. The summed E-state index contributed by atoms with van der Waals surface area (Å²) in [4.78, 5) is 2.39. The van der Waals surface area contributed by atoms with E-state index in [9.17, 15) is 5.26 Å². The summed E-state index contributed by atoms with van der Waals surface area (Å²) in [6.07, 6.45) is 1.95. The molecule has 0 aliphatic heterocycles. The van der Waals surface area contributed by atoms with Gasteiger partial charge in [-0.25, -0.2) is 0 Å². The highest BCUT2D eigenvalue weighted by Gasteiger charge is 2.01. The average molecular weight is 239 g/mol. The van der Waals surface area contributed by atoms with Crippen molar-refractivity contribution < 1.29 is 0 Å². The van der Waals surface area contributed by atoms with Gasteiger partial charge in [0.1, 0.15) is 0 Å². The highest BCUT2D eigenvalue weighted by Crippen LogP contribution is 2.22. The summed E-state index contributed by atoms with van der Waals surface area (Å²) in [7, 11) is 0. The molecule has 84 valence electrons. The molecular formula is C15H13NS. The topological polar surface area (TPSA) is 23.8 Å². The maximum atomic E-state index is 9.20. The van der Waals surface area contributed by atoms with Crippen LogP contribution in [-0.4, -0.2) is 0 Å². The zero-order valence-electron chi connectivity index (χ0n) is 9.90. The first-order valence-corrected chi connectivity index (χ1v) is 6.26. The van der Waals surface area contributed by atoms with Crippen molar-refractivity contribution in [3.8, 4) is 6.07 Å². The van der Waals surface area contributed by atoms with E-state index in [1.54, 1.807) is 11.3 Å². The quantitative estimate of drug-likeness (QED) is 0.711. The van der Waals surface area contributed by atoms with E-state index in [0.29, 0.717) is 5.57 Å². The second-order valence-corrected chi connectivity index (χ2v) is 5.30. The maximum Gasteiger partial charge on any atom is 0.0998 e. The van der Waals surface area contributed by atoms with Gasteiger partial charge in [0.15, 0.2) is 0 Å². The van der Waals surface area contributed by atoms with Crippen molar-refractivity contribution in [2.24, 2.45) is 0 Å². The third-order valence-corrected chi connectivity index (χ3v) is 3.48. The van der Waals surface area contributed by atoms with Crippen LogP contribution in [0.2, 0.25) is 0 Å². The summed E-state index contributed by atoms with van der Waals surface area (Å²) in [5, 5.41) is 9.20. The normalized spacial score (nSPS) is 11.2. The Balaban J connectivity index is 2.37. The van der Waals surface area contributed by atoms with E-state index in [2.05, 4.69) is 19.1 Å². The minimum Gasteiger partial charge on any atom is -0.192 e. The predicted octanol–water partition coefficient (Wildman–Crippen LogP) is 4.43. The lowest BCUT2D eigenvalue weighted by atomic mass is 10.0. The molecule has 2 aromatic rings. The first-order valence-electron chi connectivity index (χ1n) is 5.44. The van der Waals surface area contributed by atoms with Gasteiger partial charge in [0.05, 0.1) is 11.6 Å². The Kier molecular flexibility index (Phi) is 3.41. The minimum atomic E-state index is 0.715. The first-order chi connectivity index (χ1) is 8.19. The lowest BCUT2D eigenvalue weighted by Gasteiger charge is -1.99. The van der Waals surface area contributed by atoms with Crippen molar-refractivity contribution in [2.75, 3.05) is 0 Å². The Hall–Kier alpha value is -1.85. The Morgan fingerprint density at radius 1 is 1.12 bits per heavy atom. The Labute approximate surface area is 106 Å². The zero-order valence-corrected chi connectivity index (χ0v) is 10.7. The van der Waals surface area contributed by atoms with Crippen molar-refractivity contribution in [2.45, 2.75) is 13.8 Å². The van der Waals surface area contributed by atoms with Crippen LogP contribution in [0.1, 0.15) is 20.9 Å². The van der Waals surface area contributed by atoms with Crippen LogP contribution in [0.15, 0.2) is 36.4 Å². The molecule has 0 amide bonds. The zero-order chi connectivity index (χ0) is 12.3. The molecule has 0 atom stereocenters. The van der Waals surface area contributed by atoms with Crippen LogP contribution in [-0.2, 0) is 0 Å². The number of thiophene rings is 1. The summed E-state index contributed by atoms with van der Waals surface area (Å²) >= 11 is 1.70. The largest absolute Gasteiger partial charge is 0.192 e. The highest BCUT2D eigenvalue weighted by molar-refractivity contribution is 7.12. The molecule has 0 spiro atoms. The van der Waals surface area contributed by atoms with Gasteiger partial charge in [0.2, 0.25) is 0 Å². The van der Waals surface area contributed by atoms with Crippen LogP contribution in [0.4, 0.5) is 0 Å². The third-order valence-electron chi connectivity index (χ3n) is 2.53. The van der Waals surface area contributed by atoms with Crippen molar-refractivity contribution in [1.29, 1.82) is 5.26 Å².